The Morgan fingerprint density at radius 1 is 1.09 bits per heavy atom. The molecule has 0 aliphatic carbocycles. The molecular formula is C16H10Cl2N2O2S. The molecule has 4 nitrogen and oxygen atoms in total. The van der Waals surface area contributed by atoms with Crippen LogP contribution in [-0.4, -0.2) is 11.8 Å². The fourth-order valence-corrected chi connectivity index (χ4v) is 3.26. The van der Waals surface area contributed by atoms with E-state index in [-0.39, 0.29) is 9.94 Å². The van der Waals surface area contributed by atoms with E-state index in [1.165, 1.54) is 11.8 Å². The van der Waals surface area contributed by atoms with Gasteiger partial charge in [0.1, 0.15) is 9.94 Å². The van der Waals surface area contributed by atoms with Gasteiger partial charge in [-0.05, 0) is 36.4 Å². The van der Waals surface area contributed by atoms with E-state index >= 15 is 0 Å². The van der Waals surface area contributed by atoms with Crippen LogP contribution in [0.25, 0.3) is 0 Å². The summed E-state index contributed by atoms with van der Waals surface area (Å²) in [4.78, 5) is 25.4. The minimum absolute atomic E-state index is 0.156. The van der Waals surface area contributed by atoms with E-state index in [4.69, 9.17) is 23.2 Å². The molecule has 1 heterocycles. The average molecular weight is 365 g/mol. The number of para-hydroxylation sites is 1. The Bertz CT molecular complexity index is 819. The SMILES string of the molecule is O=C(Nc1ccc(Cl)cc1)/C(Cl)=C1/Sc2ccccc2NC1=O. The summed E-state index contributed by atoms with van der Waals surface area (Å²) < 4.78 is 0. The highest BCUT2D eigenvalue weighted by molar-refractivity contribution is 8.04. The fourth-order valence-electron chi connectivity index (χ4n) is 1.96. The molecule has 2 amide bonds. The lowest BCUT2D eigenvalue weighted by Gasteiger charge is -2.19. The van der Waals surface area contributed by atoms with Crippen molar-refractivity contribution in [3.63, 3.8) is 0 Å². The summed E-state index contributed by atoms with van der Waals surface area (Å²) in [5.41, 5.74) is 1.24. The third-order valence-electron chi connectivity index (χ3n) is 3.05. The maximum absolute atomic E-state index is 12.2. The van der Waals surface area contributed by atoms with Gasteiger partial charge in [0.05, 0.1) is 5.69 Å². The zero-order valence-corrected chi connectivity index (χ0v) is 13.9. The molecule has 1 aliphatic heterocycles. The second-order valence-corrected chi connectivity index (χ2v) is 6.52. The van der Waals surface area contributed by atoms with Crippen molar-refractivity contribution in [2.75, 3.05) is 10.6 Å². The number of halogens is 2. The number of carbonyl (C=O) groups is 2. The summed E-state index contributed by atoms with van der Waals surface area (Å²) >= 11 is 13.1. The molecule has 0 radical (unpaired) electrons. The third kappa shape index (κ3) is 3.52. The maximum Gasteiger partial charge on any atom is 0.268 e. The smallest absolute Gasteiger partial charge is 0.268 e. The van der Waals surface area contributed by atoms with E-state index in [0.717, 1.165) is 4.90 Å². The second kappa shape index (κ2) is 6.66. The number of nitrogens with one attached hydrogen (secondary N) is 2. The standard InChI is InChI=1S/C16H10Cl2N2O2S/c17-9-5-7-10(8-6-9)19-15(21)13(18)14-16(22)20-11-3-1-2-4-12(11)23-14/h1-8H,(H,19,21)(H,20,22)/b14-13-. The highest BCUT2D eigenvalue weighted by atomic mass is 35.5. The molecule has 7 heteroatoms. The normalized spacial score (nSPS) is 15.5. The van der Waals surface area contributed by atoms with Crippen LogP contribution in [0.3, 0.4) is 0 Å². The first-order valence-corrected chi connectivity index (χ1v) is 8.17. The topological polar surface area (TPSA) is 58.2 Å². The van der Waals surface area contributed by atoms with Gasteiger partial charge in [0.25, 0.3) is 11.8 Å². The van der Waals surface area contributed by atoms with Crippen LogP contribution in [0, 0.1) is 0 Å². The van der Waals surface area contributed by atoms with E-state index in [2.05, 4.69) is 10.6 Å². The number of carbonyl (C=O) groups excluding carboxylic acids is 2. The molecule has 0 unspecified atom stereocenters. The first-order valence-electron chi connectivity index (χ1n) is 6.59. The number of fused-ring (bicyclic) bond motifs is 1. The van der Waals surface area contributed by atoms with Crippen LogP contribution >= 0.6 is 35.0 Å². The highest BCUT2D eigenvalue weighted by Gasteiger charge is 2.26. The van der Waals surface area contributed by atoms with Crippen molar-refractivity contribution >= 4 is 58.2 Å². The van der Waals surface area contributed by atoms with Crippen molar-refractivity contribution in [1.29, 1.82) is 0 Å². The number of amides is 2. The predicted molar refractivity (Wildman–Crippen MR) is 93.9 cm³/mol. The molecule has 0 saturated heterocycles. The molecule has 116 valence electrons. The van der Waals surface area contributed by atoms with E-state index in [1.807, 2.05) is 18.2 Å². The molecule has 23 heavy (non-hydrogen) atoms. The van der Waals surface area contributed by atoms with Gasteiger partial charge >= 0.3 is 0 Å². The molecule has 0 fully saturated rings. The van der Waals surface area contributed by atoms with Crippen LogP contribution in [0.5, 0.6) is 0 Å². The van der Waals surface area contributed by atoms with Crippen LogP contribution in [0.15, 0.2) is 63.4 Å². The zero-order valence-electron chi connectivity index (χ0n) is 11.6. The Morgan fingerprint density at radius 3 is 2.52 bits per heavy atom. The fraction of sp³-hybridized carbons (Fsp3) is 0. The van der Waals surface area contributed by atoms with Gasteiger partial charge < -0.3 is 10.6 Å². The van der Waals surface area contributed by atoms with Crippen molar-refractivity contribution in [2.24, 2.45) is 0 Å². The number of hydrogen-bond acceptors (Lipinski definition) is 3. The summed E-state index contributed by atoms with van der Waals surface area (Å²) in [5.74, 6) is -0.948. The Hall–Kier alpha value is -1.95. The molecule has 2 N–H and O–H groups in total. The lowest BCUT2D eigenvalue weighted by Crippen LogP contribution is -2.21. The molecule has 0 spiro atoms. The summed E-state index contributed by atoms with van der Waals surface area (Å²) in [5, 5.41) is 5.75. The second-order valence-electron chi connectivity index (χ2n) is 4.66. The number of benzene rings is 2. The maximum atomic E-state index is 12.2. The predicted octanol–water partition coefficient (Wildman–Crippen LogP) is 4.47. The van der Waals surface area contributed by atoms with E-state index in [1.54, 1.807) is 30.3 Å². The minimum atomic E-state index is -0.550. The molecule has 2 aromatic carbocycles. The summed E-state index contributed by atoms with van der Waals surface area (Å²) in [6.45, 7) is 0. The summed E-state index contributed by atoms with van der Waals surface area (Å²) in [7, 11) is 0. The molecule has 2 aromatic rings. The summed E-state index contributed by atoms with van der Waals surface area (Å²) in [6, 6.07) is 13.9. The largest absolute Gasteiger partial charge is 0.321 e. The highest BCUT2D eigenvalue weighted by Crippen LogP contribution is 2.40. The molecule has 0 atom stereocenters. The molecule has 0 bridgehead atoms. The lowest BCUT2D eigenvalue weighted by molar-refractivity contribution is -0.114. The number of rotatable bonds is 2. The van der Waals surface area contributed by atoms with Crippen LogP contribution < -0.4 is 10.6 Å². The number of thioether (sulfide) groups is 1. The van der Waals surface area contributed by atoms with Gasteiger partial charge in [0.2, 0.25) is 0 Å². The first-order chi connectivity index (χ1) is 11.0. The molecule has 3 rings (SSSR count). The van der Waals surface area contributed by atoms with E-state index < -0.39 is 11.8 Å². The van der Waals surface area contributed by atoms with Gasteiger partial charge in [0.15, 0.2) is 0 Å². The van der Waals surface area contributed by atoms with Crippen molar-refractivity contribution in [3.05, 3.63) is 63.5 Å². The number of hydrogen-bond donors (Lipinski definition) is 2. The van der Waals surface area contributed by atoms with Crippen LogP contribution in [-0.2, 0) is 9.59 Å². The van der Waals surface area contributed by atoms with Crippen LogP contribution in [0.1, 0.15) is 0 Å². The molecule has 1 aliphatic rings. The van der Waals surface area contributed by atoms with Gasteiger partial charge in [0, 0.05) is 15.6 Å². The van der Waals surface area contributed by atoms with Gasteiger partial charge in [-0.2, -0.15) is 0 Å². The van der Waals surface area contributed by atoms with Crippen molar-refractivity contribution in [2.45, 2.75) is 4.90 Å². The molecule has 0 aromatic heterocycles. The summed E-state index contributed by atoms with van der Waals surface area (Å²) in [6.07, 6.45) is 0. The van der Waals surface area contributed by atoms with Gasteiger partial charge in [-0.1, -0.05) is 47.1 Å². The number of anilines is 2. The molecular weight excluding hydrogens is 355 g/mol. The van der Waals surface area contributed by atoms with Gasteiger partial charge in [-0.3, -0.25) is 9.59 Å². The van der Waals surface area contributed by atoms with Crippen molar-refractivity contribution in [1.82, 2.24) is 0 Å². The Labute approximate surface area is 146 Å². The Balaban J connectivity index is 1.84. The van der Waals surface area contributed by atoms with Gasteiger partial charge in [-0.15, -0.1) is 0 Å². The van der Waals surface area contributed by atoms with Crippen LogP contribution in [0.2, 0.25) is 5.02 Å². The van der Waals surface area contributed by atoms with Crippen molar-refractivity contribution in [3.8, 4) is 0 Å². The monoisotopic (exact) mass is 364 g/mol. The quantitative estimate of drug-likeness (QED) is 0.772. The minimum Gasteiger partial charge on any atom is -0.321 e. The molecule has 0 saturated carbocycles. The lowest BCUT2D eigenvalue weighted by atomic mass is 10.3. The van der Waals surface area contributed by atoms with Crippen LogP contribution in [0.4, 0.5) is 11.4 Å². The van der Waals surface area contributed by atoms with Crippen molar-refractivity contribution < 1.29 is 9.59 Å². The first kappa shape index (κ1) is 15.9. The average Bonchev–Trinajstić information content (AvgIpc) is 2.55. The Kier molecular flexibility index (Phi) is 4.61. The van der Waals surface area contributed by atoms with Gasteiger partial charge in [-0.25, -0.2) is 0 Å². The zero-order chi connectivity index (χ0) is 16.4. The van der Waals surface area contributed by atoms with E-state index in [0.29, 0.717) is 16.4 Å². The van der Waals surface area contributed by atoms with E-state index in [9.17, 15) is 9.59 Å². The Morgan fingerprint density at radius 2 is 1.78 bits per heavy atom. The third-order valence-corrected chi connectivity index (χ3v) is 4.95.